The molecule has 3 aliphatic carbocycles. The smallest absolute Gasteiger partial charge is 0.0197 e. The number of hydrogen-bond acceptors (Lipinski definition) is 0. The van der Waals surface area contributed by atoms with Crippen molar-refractivity contribution < 1.29 is 0 Å². The van der Waals surface area contributed by atoms with Crippen LogP contribution in [0.5, 0.6) is 0 Å². The van der Waals surface area contributed by atoms with Gasteiger partial charge in [-0.3, -0.25) is 0 Å². The lowest BCUT2D eigenvalue weighted by Crippen LogP contribution is -2.25. The van der Waals surface area contributed by atoms with Gasteiger partial charge in [-0.25, -0.2) is 0 Å². The molecule has 4 unspecified atom stereocenters. The van der Waals surface area contributed by atoms with E-state index in [1.54, 1.807) is 24.8 Å². The molecule has 0 heteroatoms. The molecular formula is C13H20. The van der Waals surface area contributed by atoms with Gasteiger partial charge >= 0.3 is 0 Å². The molecule has 0 N–H and O–H groups in total. The standard InChI is InChI=1S/C13H20/c1-9-5-12-7-10-3-2-4-11(10)8-13(12)6-9/h5,10-13H,2-4,6-8H2,1H3. The summed E-state index contributed by atoms with van der Waals surface area (Å²) in [6.07, 6.45) is 11.7. The third-order valence-corrected chi connectivity index (χ3v) is 4.69. The fourth-order valence-corrected chi connectivity index (χ4v) is 4.13. The van der Waals surface area contributed by atoms with Crippen molar-refractivity contribution in [3.8, 4) is 0 Å². The molecule has 0 aromatic carbocycles. The van der Waals surface area contributed by atoms with E-state index in [0.717, 1.165) is 23.7 Å². The first kappa shape index (κ1) is 8.08. The fourth-order valence-electron chi connectivity index (χ4n) is 4.13. The second-order valence-corrected chi connectivity index (χ2v) is 5.56. The van der Waals surface area contributed by atoms with Crippen LogP contribution in [0.1, 0.15) is 45.4 Å². The van der Waals surface area contributed by atoms with E-state index in [1.807, 2.05) is 0 Å². The van der Waals surface area contributed by atoms with E-state index in [-0.39, 0.29) is 0 Å². The van der Waals surface area contributed by atoms with Crippen molar-refractivity contribution in [1.29, 1.82) is 0 Å². The van der Waals surface area contributed by atoms with Gasteiger partial charge in [0.25, 0.3) is 0 Å². The normalized spacial score (nSPS) is 48.5. The summed E-state index contributed by atoms with van der Waals surface area (Å²) >= 11 is 0. The number of allylic oxidation sites excluding steroid dienone is 2. The van der Waals surface area contributed by atoms with Gasteiger partial charge in [0, 0.05) is 0 Å². The Morgan fingerprint density at radius 3 is 2.69 bits per heavy atom. The molecule has 0 heterocycles. The van der Waals surface area contributed by atoms with E-state index >= 15 is 0 Å². The molecule has 13 heavy (non-hydrogen) atoms. The summed E-state index contributed by atoms with van der Waals surface area (Å²) in [5.74, 6) is 4.28. The van der Waals surface area contributed by atoms with E-state index in [4.69, 9.17) is 0 Å². The minimum absolute atomic E-state index is 0.986. The van der Waals surface area contributed by atoms with Crippen LogP contribution in [0.4, 0.5) is 0 Å². The maximum absolute atomic E-state index is 2.58. The first-order chi connectivity index (χ1) is 6.33. The predicted molar refractivity (Wildman–Crippen MR) is 55.4 cm³/mol. The maximum atomic E-state index is 2.58. The van der Waals surface area contributed by atoms with E-state index in [2.05, 4.69) is 13.0 Å². The van der Waals surface area contributed by atoms with Crippen molar-refractivity contribution in [2.24, 2.45) is 23.7 Å². The largest absolute Gasteiger partial charge is 0.0822 e. The highest BCUT2D eigenvalue weighted by Gasteiger charge is 2.40. The van der Waals surface area contributed by atoms with Crippen molar-refractivity contribution in [3.05, 3.63) is 11.6 Å². The summed E-state index contributed by atoms with van der Waals surface area (Å²) in [5.41, 5.74) is 1.68. The Morgan fingerprint density at radius 2 is 1.85 bits per heavy atom. The van der Waals surface area contributed by atoms with Crippen LogP contribution in [0.2, 0.25) is 0 Å². The zero-order chi connectivity index (χ0) is 8.84. The van der Waals surface area contributed by atoms with E-state index in [1.165, 1.54) is 19.3 Å². The third kappa shape index (κ3) is 1.26. The van der Waals surface area contributed by atoms with Crippen LogP contribution in [-0.2, 0) is 0 Å². The second-order valence-electron chi connectivity index (χ2n) is 5.56. The summed E-state index contributed by atoms with van der Waals surface area (Å²) in [6, 6.07) is 0. The summed E-state index contributed by atoms with van der Waals surface area (Å²) in [6.45, 7) is 2.33. The Morgan fingerprint density at radius 1 is 1.08 bits per heavy atom. The first-order valence-corrected chi connectivity index (χ1v) is 6.00. The van der Waals surface area contributed by atoms with Crippen LogP contribution in [0.3, 0.4) is 0 Å². The van der Waals surface area contributed by atoms with Crippen LogP contribution in [-0.4, -0.2) is 0 Å². The SMILES string of the molecule is CC1=CC2CC3CCCC3CC2C1. The number of rotatable bonds is 0. The van der Waals surface area contributed by atoms with Crippen LogP contribution in [0.25, 0.3) is 0 Å². The van der Waals surface area contributed by atoms with E-state index in [0.29, 0.717) is 0 Å². The maximum Gasteiger partial charge on any atom is -0.0197 e. The van der Waals surface area contributed by atoms with Gasteiger partial charge in [0.05, 0.1) is 0 Å². The van der Waals surface area contributed by atoms with Gasteiger partial charge in [-0.15, -0.1) is 0 Å². The first-order valence-electron chi connectivity index (χ1n) is 6.00. The molecule has 4 atom stereocenters. The minimum Gasteiger partial charge on any atom is -0.0822 e. The Hall–Kier alpha value is -0.260. The summed E-state index contributed by atoms with van der Waals surface area (Å²) in [7, 11) is 0. The van der Waals surface area contributed by atoms with Crippen molar-refractivity contribution in [2.75, 3.05) is 0 Å². The average molecular weight is 176 g/mol. The summed E-state index contributed by atoms with van der Waals surface area (Å²) < 4.78 is 0. The lowest BCUT2D eigenvalue weighted by Gasteiger charge is -2.34. The lowest BCUT2D eigenvalue weighted by molar-refractivity contribution is 0.172. The molecule has 0 amide bonds. The zero-order valence-corrected chi connectivity index (χ0v) is 8.63. The second kappa shape index (κ2) is 2.87. The molecule has 0 bridgehead atoms. The summed E-state index contributed by atoms with van der Waals surface area (Å²) in [4.78, 5) is 0. The predicted octanol–water partition coefficient (Wildman–Crippen LogP) is 3.78. The summed E-state index contributed by atoms with van der Waals surface area (Å²) in [5, 5.41) is 0. The molecular weight excluding hydrogens is 156 g/mol. The molecule has 0 spiro atoms. The van der Waals surface area contributed by atoms with Crippen molar-refractivity contribution in [2.45, 2.75) is 45.4 Å². The molecule has 0 radical (unpaired) electrons. The van der Waals surface area contributed by atoms with E-state index < -0.39 is 0 Å². The highest BCUT2D eigenvalue weighted by Crippen LogP contribution is 2.51. The van der Waals surface area contributed by atoms with E-state index in [9.17, 15) is 0 Å². The highest BCUT2D eigenvalue weighted by atomic mass is 14.4. The molecule has 2 fully saturated rings. The van der Waals surface area contributed by atoms with Gasteiger partial charge in [0.1, 0.15) is 0 Å². The average Bonchev–Trinajstić information content (AvgIpc) is 2.63. The van der Waals surface area contributed by atoms with Gasteiger partial charge in [-0.05, 0) is 49.9 Å². The van der Waals surface area contributed by atoms with Crippen molar-refractivity contribution in [1.82, 2.24) is 0 Å². The molecule has 0 aromatic heterocycles. The van der Waals surface area contributed by atoms with Crippen molar-refractivity contribution >= 4 is 0 Å². The van der Waals surface area contributed by atoms with Crippen LogP contribution >= 0.6 is 0 Å². The number of fused-ring (bicyclic) bond motifs is 2. The molecule has 3 rings (SSSR count). The third-order valence-electron chi connectivity index (χ3n) is 4.69. The van der Waals surface area contributed by atoms with Gasteiger partial charge < -0.3 is 0 Å². The monoisotopic (exact) mass is 176 g/mol. The quantitative estimate of drug-likeness (QED) is 0.493. The fraction of sp³-hybridized carbons (Fsp3) is 0.846. The van der Waals surface area contributed by atoms with Gasteiger partial charge in [-0.2, -0.15) is 0 Å². The molecule has 0 nitrogen and oxygen atoms in total. The van der Waals surface area contributed by atoms with Gasteiger partial charge in [0.15, 0.2) is 0 Å². The van der Waals surface area contributed by atoms with Gasteiger partial charge in [-0.1, -0.05) is 30.9 Å². The lowest BCUT2D eigenvalue weighted by atomic mass is 9.71. The number of hydrogen-bond donors (Lipinski definition) is 0. The van der Waals surface area contributed by atoms with Crippen LogP contribution in [0, 0.1) is 23.7 Å². The Bertz CT molecular complexity index is 238. The van der Waals surface area contributed by atoms with Crippen LogP contribution in [0.15, 0.2) is 11.6 Å². The highest BCUT2D eigenvalue weighted by molar-refractivity contribution is 5.13. The minimum atomic E-state index is 0.986. The molecule has 2 saturated carbocycles. The Labute approximate surface area is 81.4 Å². The molecule has 0 aromatic rings. The topological polar surface area (TPSA) is 0 Å². The van der Waals surface area contributed by atoms with Crippen molar-refractivity contribution in [3.63, 3.8) is 0 Å². The Kier molecular flexibility index (Phi) is 1.78. The Balaban J connectivity index is 1.77. The zero-order valence-electron chi connectivity index (χ0n) is 8.63. The van der Waals surface area contributed by atoms with Crippen LogP contribution < -0.4 is 0 Å². The van der Waals surface area contributed by atoms with Gasteiger partial charge in [0.2, 0.25) is 0 Å². The molecule has 3 aliphatic rings. The molecule has 72 valence electrons. The molecule has 0 saturated heterocycles. The molecule has 0 aliphatic heterocycles.